The van der Waals surface area contributed by atoms with Gasteiger partial charge in [-0.1, -0.05) is 24.3 Å². The predicted octanol–water partition coefficient (Wildman–Crippen LogP) is 2.61. The van der Waals surface area contributed by atoms with Crippen molar-refractivity contribution in [3.8, 4) is 11.5 Å². The molecule has 31 heavy (non-hydrogen) atoms. The van der Waals surface area contributed by atoms with Gasteiger partial charge in [0.1, 0.15) is 0 Å². The number of aromatic hydroxyl groups is 1. The van der Waals surface area contributed by atoms with Gasteiger partial charge >= 0.3 is 0 Å². The lowest BCUT2D eigenvalue weighted by molar-refractivity contribution is 0.122. The minimum Gasteiger partial charge on any atom is -0.504 e. The van der Waals surface area contributed by atoms with E-state index in [4.69, 9.17) is 9.47 Å². The first-order valence-corrected chi connectivity index (χ1v) is 9.79. The summed E-state index contributed by atoms with van der Waals surface area (Å²) in [6.45, 7) is 2.61. The number of morpholine rings is 1. The molecule has 1 saturated heterocycles. The number of hydrogen-bond acceptors (Lipinski definition) is 10. The fourth-order valence-corrected chi connectivity index (χ4v) is 2.99. The SMILES string of the molecule is COc1cccc(/C=N\Nc2nc(Nc3ccccc3)nc(N3CCOCC3)n2)c1O. The van der Waals surface area contributed by atoms with Crippen LogP contribution >= 0.6 is 0 Å². The molecule has 0 spiro atoms. The molecular formula is C21H23N7O3. The van der Waals surface area contributed by atoms with Crippen molar-refractivity contribution < 1.29 is 14.6 Å². The van der Waals surface area contributed by atoms with Crippen molar-refractivity contribution in [1.82, 2.24) is 15.0 Å². The van der Waals surface area contributed by atoms with Gasteiger partial charge in [-0.15, -0.1) is 0 Å². The molecular weight excluding hydrogens is 398 g/mol. The van der Waals surface area contributed by atoms with E-state index in [1.165, 1.54) is 13.3 Å². The van der Waals surface area contributed by atoms with Gasteiger partial charge in [0.15, 0.2) is 11.5 Å². The van der Waals surface area contributed by atoms with E-state index in [2.05, 4.69) is 30.8 Å². The van der Waals surface area contributed by atoms with Gasteiger partial charge in [-0.2, -0.15) is 20.1 Å². The summed E-state index contributed by atoms with van der Waals surface area (Å²) in [4.78, 5) is 15.5. The van der Waals surface area contributed by atoms with Crippen LogP contribution in [0.2, 0.25) is 0 Å². The van der Waals surface area contributed by atoms with Crippen LogP contribution in [0.5, 0.6) is 11.5 Å². The number of phenolic OH excluding ortho intramolecular Hbond substituents is 1. The van der Waals surface area contributed by atoms with Crippen LogP contribution in [0.4, 0.5) is 23.5 Å². The number of aromatic nitrogens is 3. The lowest BCUT2D eigenvalue weighted by atomic mass is 10.2. The van der Waals surface area contributed by atoms with Crippen LogP contribution < -0.4 is 20.4 Å². The standard InChI is InChI=1S/C21H23N7O3/c1-30-17-9-5-6-15(18(17)29)14-22-27-20-24-19(23-16-7-3-2-4-8-16)25-21(26-20)28-10-12-31-13-11-28/h2-9,14,29H,10-13H2,1H3,(H2,23,24,25,26,27)/b22-14-. The van der Waals surface area contributed by atoms with Crippen LogP contribution in [0.25, 0.3) is 0 Å². The van der Waals surface area contributed by atoms with Crippen LogP contribution in [-0.4, -0.2) is 59.7 Å². The second-order valence-corrected chi connectivity index (χ2v) is 6.64. The molecule has 0 unspecified atom stereocenters. The smallest absolute Gasteiger partial charge is 0.250 e. The molecule has 1 aliphatic rings. The Morgan fingerprint density at radius 3 is 2.58 bits per heavy atom. The second-order valence-electron chi connectivity index (χ2n) is 6.64. The molecule has 10 nitrogen and oxygen atoms in total. The molecule has 2 aromatic carbocycles. The molecule has 0 atom stereocenters. The van der Waals surface area contributed by atoms with Gasteiger partial charge in [0.2, 0.25) is 17.8 Å². The highest BCUT2D eigenvalue weighted by molar-refractivity contribution is 5.85. The summed E-state index contributed by atoms with van der Waals surface area (Å²) in [7, 11) is 1.49. The van der Waals surface area contributed by atoms with Crippen molar-refractivity contribution in [3.05, 3.63) is 54.1 Å². The topological polar surface area (TPSA) is 117 Å². The van der Waals surface area contributed by atoms with Gasteiger partial charge in [-0.3, -0.25) is 0 Å². The number of hydrogen-bond donors (Lipinski definition) is 3. The second kappa shape index (κ2) is 9.72. The Bertz CT molecular complexity index is 1040. The molecule has 0 amide bonds. The summed E-state index contributed by atoms with van der Waals surface area (Å²) in [5, 5.41) is 17.6. The summed E-state index contributed by atoms with van der Waals surface area (Å²) in [6, 6.07) is 14.8. The van der Waals surface area contributed by atoms with Crippen LogP contribution in [0, 0.1) is 0 Å². The third kappa shape index (κ3) is 5.17. The maximum Gasteiger partial charge on any atom is 0.250 e. The van der Waals surface area contributed by atoms with Gasteiger partial charge < -0.3 is 24.8 Å². The van der Waals surface area contributed by atoms with E-state index in [9.17, 15) is 5.11 Å². The Morgan fingerprint density at radius 2 is 1.81 bits per heavy atom. The summed E-state index contributed by atoms with van der Waals surface area (Å²) in [5.41, 5.74) is 4.18. The molecule has 1 aromatic heterocycles. The van der Waals surface area contributed by atoms with Gasteiger partial charge in [-0.25, -0.2) is 5.43 Å². The Hall–Kier alpha value is -3.92. The minimum atomic E-state index is 0.00614. The summed E-state index contributed by atoms with van der Waals surface area (Å²) in [6.07, 6.45) is 1.47. The number of anilines is 4. The minimum absolute atomic E-state index is 0.00614. The fourth-order valence-electron chi connectivity index (χ4n) is 2.99. The van der Waals surface area contributed by atoms with Crippen molar-refractivity contribution >= 4 is 29.7 Å². The Kier molecular flexibility index (Phi) is 6.38. The molecule has 4 rings (SSSR count). The van der Waals surface area contributed by atoms with Crippen molar-refractivity contribution in [2.45, 2.75) is 0 Å². The molecule has 160 valence electrons. The Balaban J connectivity index is 1.57. The van der Waals surface area contributed by atoms with Crippen LogP contribution in [-0.2, 0) is 4.74 Å². The molecule has 3 aromatic rings. The maximum atomic E-state index is 10.2. The molecule has 1 aliphatic heterocycles. The summed E-state index contributed by atoms with van der Waals surface area (Å²) in [5.74, 6) is 1.57. The van der Waals surface area contributed by atoms with E-state index < -0.39 is 0 Å². The number of benzene rings is 2. The number of methoxy groups -OCH3 is 1. The molecule has 0 radical (unpaired) electrons. The van der Waals surface area contributed by atoms with E-state index in [1.54, 1.807) is 18.2 Å². The predicted molar refractivity (Wildman–Crippen MR) is 118 cm³/mol. The van der Waals surface area contributed by atoms with E-state index in [-0.39, 0.29) is 11.7 Å². The summed E-state index contributed by atoms with van der Waals surface area (Å²) < 4.78 is 10.5. The highest BCUT2D eigenvalue weighted by Crippen LogP contribution is 2.28. The molecule has 0 bridgehead atoms. The first-order chi connectivity index (χ1) is 15.2. The van der Waals surface area contributed by atoms with E-state index in [1.807, 2.05) is 35.2 Å². The lowest BCUT2D eigenvalue weighted by Crippen LogP contribution is -2.37. The fraction of sp³-hybridized carbons (Fsp3) is 0.238. The number of phenols is 1. The number of nitrogens with zero attached hydrogens (tertiary/aromatic N) is 5. The third-order valence-corrected chi connectivity index (χ3v) is 4.57. The highest BCUT2D eigenvalue weighted by Gasteiger charge is 2.16. The zero-order valence-electron chi connectivity index (χ0n) is 17.0. The molecule has 1 fully saturated rings. The first kappa shape index (κ1) is 20.4. The van der Waals surface area contributed by atoms with Crippen molar-refractivity contribution in [1.29, 1.82) is 0 Å². The Labute approximate surface area is 179 Å². The maximum absolute atomic E-state index is 10.2. The average Bonchev–Trinajstić information content (AvgIpc) is 2.81. The number of para-hydroxylation sites is 2. The van der Waals surface area contributed by atoms with Crippen molar-refractivity contribution in [2.75, 3.05) is 49.1 Å². The monoisotopic (exact) mass is 421 g/mol. The van der Waals surface area contributed by atoms with E-state index in [0.29, 0.717) is 49.5 Å². The first-order valence-electron chi connectivity index (χ1n) is 9.79. The largest absolute Gasteiger partial charge is 0.504 e. The number of ether oxygens (including phenoxy) is 2. The number of rotatable bonds is 7. The molecule has 0 saturated carbocycles. The quantitative estimate of drug-likeness (QED) is 0.391. The van der Waals surface area contributed by atoms with Crippen LogP contribution in [0.3, 0.4) is 0 Å². The highest BCUT2D eigenvalue weighted by atomic mass is 16.5. The zero-order chi connectivity index (χ0) is 21.5. The van der Waals surface area contributed by atoms with Crippen molar-refractivity contribution in [3.63, 3.8) is 0 Å². The molecule has 10 heteroatoms. The van der Waals surface area contributed by atoms with Gasteiger partial charge in [-0.05, 0) is 24.3 Å². The van der Waals surface area contributed by atoms with Crippen molar-refractivity contribution in [2.24, 2.45) is 5.10 Å². The van der Waals surface area contributed by atoms with E-state index >= 15 is 0 Å². The molecule has 3 N–H and O–H groups in total. The number of nitrogens with one attached hydrogen (secondary N) is 2. The van der Waals surface area contributed by atoms with Gasteiger partial charge in [0.25, 0.3) is 0 Å². The average molecular weight is 421 g/mol. The van der Waals surface area contributed by atoms with E-state index in [0.717, 1.165) is 5.69 Å². The van der Waals surface area contributed by atoms with Gasteiger partial charge in [0, 0.05) is 24.3 Å². The normalized spacial score (nSPS) is 13.9. The zero-order valence-corrected chi connectivity index (χ0v) is 17.0. The van der Waals surface area contributed by atoms with Crippen LogP contribution in [0.1, 0.15) is 5.56 Å². The van der Waals surface area contributed by atoms with Gasteiger partial charge in [0.05, 0.1) is 26.5 Å². The summed E-state index contributed by atoms with van der Waals surface area (Å²) >= 11 is 0. The van der Waals surface area contributed by atoms with Crippen LogP contribution in [0.15, 0.2) is 53.6 Å². The molecule has 0 aliphatic carbocycles. The molecule has 2 heterocycles. The third-order valence-electron chi connectivity index (χ3n) is 4.57. The lowest BCUT2D eigenvalue weighted by Gasteiger charge is -2.27. The Morgan fingerprint density at radius 1 is 1.03 bits per heavy atom. The number of hydrazone groups is 1.